The van der Waals surface area contributed by atoms with E-state index in [1.807, 2.05) is 68.4 Å². The Balaban J connectivity index is 1.65. The van der Waals surface area contributed by atoms with Gasteiger partial charge in [-0.15, -0.1) is 10.2 Å². The van der Waals surface area contributed by atoms with Crippen molar-refractivity contribution in [3.63, 3.8) is 0 Å². The van der Waals surface area contributed by atoms with Crippen molar-refractivity contribution in [3.05, 3.63) is 84.7 Å². The van der Waals surface area contributed by atoms with Gasteiger partial charge in [0.25, 0.3) is 0 Å². The predicted molar refractivity (Wildman–Crippen MR) is 125 cm³/mol. The smallest absolute Gasteiger partial charge is 0.240 e. The highest BCUT2D eigenvalue weighted by Crippen LogP contribution is 2.34. The average molecular weight is 432 g/mol. The van der Waals surface area contributed by atoms with Gasteiger partial charge in [0.2, 0.25) is 5.91 Å². The maximum absolute atomic E-state index is 13.3. The summed E-state index contributed by atoms with van der Waals surface area (Å²) in [7, 11) is 0. The Labute approximate surface area is 185 Å². The van der Waals surface area contributed by atoms with Gasteiger partial charge < -0.3 is 4.90 Å². The Morgan fingerprint density at radius 3 is 2.26 bits per heavy atom. The minimum absolute atomic E-state index is 0.0205. The molecule has 156 valence electrons. The van der Waals surface area contributed by atoms with Gasteiger partial charge in [0, 0.05) is 28.6 Å². The zero-order chi connectivity index (χ0) is 21.8. The summed E-state index contributed by atoms with van der Waals surface area (Å²) in [5, 5.41) is 11.1. The van der Waals surface area contributed by atoms with E-state index in [0.717, 1.165) is 22.0 Å². The molecule has 1 atom stereocenters. The Hall–Kier alpha value is -3.25. The van der Waals surface area contributed by atoms with E-state index in [1.165, 1.54) is 23.9 Å². The van der Waals surface area contributed by atoms with Crippen LogP contribution in [-0.4, -0.2) is 27.9 Å². The van der Waals surface area contributed by atoms with Crippen LogP contribution in [0, 0.1) is 5.82 Å². The Kier molecular flexibility index (Phi) is 6.28. The number of halogens is 1. The molecule has 0 bridgehead atoms. The molecule has 0 radical (unpaired) electrons. The van der Waals surface area contributed by atoms with E-state index in [1.54, 1.807) is 17.0 Å². The highest BCUT2D eigenvalue weighted by atomic mass is 32.2. The first-order valence-electron chi connectivity index (χ1n) is 10.1. The number of hydrogen-bond donors (Lipinski definition) is 0. The fraction of sp³-hybridized carbons (Fsp3) is 0.160. The molecule has 0 spiro atoms. The molecule has 4 rings (SSSR count). The first-order valence-corrected chi connectivity index (χ1v) is 11.0. The van der Waals surface area contributed by atoms with Crippen molar-refractivity contribution in [2.24, 2.45) is 0 Å². The van der Waals surface area contributed by atoms with Crippen molar-refractivity contribution in [3.8, 4) is 11.3 Å². The van der Waals surface area contributed by atoms with Crippen molar-refractivity contribution in [2.45, 2.75) is 24.1 Å². The summed E-state index contributed by atoms with van der Waals surface area (Å²) in [4.78, 5) is 14.9. The number of thioether (sulfide) groups is 1. The van der Waals surface area contributed by atoms with Crippen molar-refractivity contribution < 1.29 is 9.18 Å². The molecular formula is C25H22FN3OS. The van der Waals surface area contributed by atoms with Gasteiger partial charge in [0.1, 0.15) is 16.5 Å². The van der Waals surface area contributed by atoms with Crippen molar-refractivity contribution in [1.29, 1.82) is 0 Å². The van der Waals surface area contributed by atoms with Gasteiger partial charge >= 0.3 is 0 Å². The maximum Gasteiger partial charge on any atom is 0.240 e. The Bertz CT molecular complexity index is 1200. The number of hydrogen-bond acceptors (Lipinski definition) is 4. The second-order valence-corrected chi connectivity index (χ2v) is 8.41. The monoisotopic (exact) mass is 431 g/mol. The number of rotatable bonds is 6. The third-order valence-corrected chi connectivity index (χ3v) is 6.14. The van der Waals surface area contributed by atoms with E-state index in [9.17, 15) is 9.18 Å². The molecule has 1 unspecified atom stereocenters. The lowest BCUT2D eigenvalue weighted by Crippen LogP contribution is -2.36. The molecule has 1 aromatic heterocycles. The number of aromatic nitrogens is 2. The fourth-order valence-corrected chi connectivity index (χ4v) is 4.45. The zero-order valence-electron chi connectivity index (χ0n) is 17.3. The van der Waals surface area contributed by atoms with Crippen LogP contribution in [0.5, 0.6) is 0 Å². The minimum atomic E-state index is -0.338. The molecule has 0 aliphatic carbocycles. The summed E-state index contributed by atoms with van der Waals surface area (Å²) < 4.78 is 13.3. The van der Waals surface area contributed by atoms with Crippen LogP contribution in [0.2, 0.25) is 0 Å². The summed E-state index contributed by atoms with van der Waals surface area (Å²) in [6.45, 7) is 4.45. The van der Waals surface area contributed by atoms with Gasteiger partial charge in [-0.3, -0.25) is 4.79 Å². The molecule has 1 heterocycles. The molecule has 0 N–H and O–H groups in total. The molecule has 0 aliphatic rings. The second kappa shape index (κ2) is 9.27. The standard InChI is InChI=1S/C25H22FN3OS/c1-3-29(20-9-5-4-6-10-20)25(30)17(2)31-24-22-12-8-7-11-21(22)23(27-28-24)18-13-15-19(26)16-14-18/h4-17H,3H2,1-2H3. The molecule has 4 aromatic rings. The third-order valence-electron chi connectivity index (χ3n) is 5.06. The van der Waals surface area contributed by atoms with Crippen LogP contribution < -0.4 is 4.90 Å². The van der Waals surface area contributed by atoms with Crippen LogP contribution in [0.1, 0.15) is 13.8 Å². The summed E-state index contributed by atoms with van der Waals surface area (Å²) in [6.07, 6.45) is 0. The summed E-state index contributed by atoms with van der Waals surface area (Å²) >= 11 is 1.40. The van der Waals surface area contributed by atoms with Crippen LogP contribution in [0.4, 0.5) is 10.1 Å². The third kappa shape index (κ3) is 4.44. The number of amides is 1. The topological polar surface area (TPSA) is 46.1 Å². The SMILES string of the molecule is CCN(C(=O)C(C)Sc1nnc(-c2ccc(F)cc2)c2ccccc12)c1ccccc1. The summed E-state index contributed by atoms with van der Waals surface area (Å²) in [6, 6.07) is 23.7. The molecule has 1 amide bonds. The van der Waals surface area contributed by atoms with Gasteiger partial charge in [0.05, 0.1) is 5.25 Å². The lowest BCUT2D eigenvalue weighted by atomic mass is 10.1. The average Bonchev–Trinajstić information content (AvgIpc) is 2.81. The second-order valence-electron chi connectivity index (χ2n) is 7.08. The summed E-state index contributed by atoms with van der Waals surface area (Å²) in [5.41, 5.74) is 2.37. The van der Waals surface area contributed by atoms with E-state index >= 15 is 0 Å². The van der Waals surface area contributed by atoms with Gasteiger partial charge in [-0.1, -0.05) is 54.2 Å². The van der Waals surface area contributed by atoms with E-state index in [4.69, 9.17) is 0 Å². The molecule has 0 fully saturated rings. The number of para-hydroxylation sites is 1. The fourth-order valence-electron chi connectivity index (χ4n) is 3.50. The van der Waals surface area contributed by atoms with Gasteiger partial charge in [-0.25, -0.2) is 4.39 Å². The van der Waals surface area contributed by atoms with Crippen LogP contribution in [0.15, 0.2) is 83.9 Å². The number of fused-ring (bicyclic) bond motifs is 1. The number of nitrogens with zero attached hydrogens (tertiary/aromatic N) is 3. The highest BCUT2D eigenvalue weighted by molar-refractivity contribution is 8.00. The Morgan fingerprint density at radius 1 is 0.935 bits per heavy atom. The molecule has 0 saturated carbocycles. The first-order chi connectivity index (χ1) is 15.1. The minimum Gasteiger partial charge on any atom is -0.312 e. The zero-order valence-corrected chi connectivity index (χ0v) is 18.1. The van der Waals surface area contributed by atoms with Crippen molar-refractivity contribution >= 4 is 34.1 Å². The molecule has 4 nitrogen and oxygen atoms in total. The summed E-state index contributed by atoms with van der Waals surface area (Å²) in [5.74, 6) is -0.272. The number of anilines is 1. The largest absolute Gasteiger partial charge is 0.312 e. The van der Waals surface area contributed by atoms with Crippen molar-refractivity contribution in [2.75, 3.05) is 11.4 Å². The van der Waals surface area contributed by atoms with Crippen LogP contribution in [-0.2, 0) is 4.79 Å². The van der Waals surface area contributed by atoms with E-state index in [2.05, 4.69) is 10.2 Å². The molecule has 3 aromatic carbocycles. The van der Waals surface area contributed by atoms with Gasteiger partial charge in [-0.2, -0.15) is 0 Å². The van der Waals surface area contributed by atoms with Gasteiger partial charge in [0.15, 0.2) is 0 Å². The number of carbonyl (C=O) groups excluding carboxylic acids is 1. The van der Waals surface area contributed by atoms with Crippen LogP contribution >= 0.6 is 11.8 Å². The number of benzene rings is 3. The molecule has 0 aliphatic heterocycles. The predicted octanol–water partition coefficient (Wildman–Crippen LogP) is 5.97. The normalized spacial score (nSPS) is 12.0. The van der Waals surface area contributed by atoms with E-state index in [-0.39, 0.29) is 17.0 Å². The number of carbonyl (C=O) groups is 1. The van der Waals surface area contributed by atoms with E-state index in [0.29, 0.717) is 17.3 Å². The maximum atomic E-state index is 13.3. The van der Waals surface area contributed by atoms with Crippen molar-refractivity contribution in [1.82, 2.24) is 10.2 Å². The van der Waals surface area contributed by atoms with E-state index < -0.39 is 0 Å². The lowest BCUT2D eigenvalue weighted by Gasteiger charge is -2.24. The van der Waals surface area contributed by atoms with Gasteiger partial charge in [-0.05, 0) is 50.2 Å². The first kappa shape index (κ1) is 21.0. The van der Waals surface area contributed by atoms with Crippen LogP contribution in [0.25, 0.3) is 22.0 Å². The van der Waals surface area contributed by atoms with Crippen LogP contribution in [0.3, 0.4) is 0 Å². The quantitative estimate of drug-likeness (QED) is 0.353. The molecular weight excluding hydrogens is 409 g/mol. The lowest BCUT2D eigenvalue weighted by molar-refractivity contribution is -0.117. The molecule has 31 heavy (non-hydrogen) atoms. The molecule has 6 heteroatoms. The molecule has 0 saturated heterocycles. The highest BCUT2D eigenvalue weighted by Gasteiger charge is 2.23. The Morgan fingerprint density at radius 2 is 1.58 bits per heavy atom.